The molecule has 0 amide bonds. The van der Waals surface area contributed by atoms with Gasteiger partial charge in [0.2, 0.25) is 0 Å². The van der Waals surface area contributed by atoms with E-state index < -0.39 is 11.9 Å². The first-order valence-corrected chi connectivity index (χ1v) is 6.24. The lowest BCUT2D eigenvalue weighted by Crippen LogP contribution is -2.28. The zero-order valence-corrected chi connectivity index (χ0v) is 12.3. The highest BCUT2D eigenvalue weighted by Crippen LogP contribution is 2.34. The van der Waals surface area contributed by atoms with Gasteiger partial charge in [-0.25, -0.2) is 0 Å². The minimum atomic E-state index is -0.451. The Morgan fingerprint density at radius 3 is 2.10 bits per heavy atom. The lowest BCUT2D eigenvalue weighted by Gasteiger charge is -2.23. The second-order valence-corrected chi connectivity index (χ2v) is 4.76. The fraction of sp³-hybridized carbons (Fsp3) is 0.429. The van der Waals surface area contributed by atoms with Gasteiger partial charge in [-0.2, -0.15) is 0 Å². The second-order valence-electron chi connectivity index (χ2n) is 4.76. The van der Waals surface area contributed by atoms with Crippen molar-refractivity contribution in [3.8, 4) is 11.5 Å². The van der Waals surface area contributed by atoms with Gasteiger partial charge in [0.1, 0.15) is 0 Å². The molecule has 110 valence electrons. The van der Waals surface area contributed by atoms with Crippen LogP contribution in [0.2, 0.25) is 0 Å². The maximum absolute atomic E-state index is 11.1. The first-order chi connectivity index (χ1) is 8.95. The summed E-state index contributed by atoms with van der Waals surface area (Å²) >= 11 is 0. The number of benzene rings is 1. The van der Waals surface area contributed by atoms with Crippen molar-refractivity contribution < 1.29 is 19.1 Å². The number of carbonyl (C=O) groups excluding carboxylic acids is 2. The van der Waals surface area contributed by atoms with Gasteiger partial charge in [-0.1, -0.05) is 0 Å². The van der Waals surface area contributed by atoms with Gasteiger partial charge < -0.3 is 15.2 Å². The van der Waals surface area contributed by atoms with Crippen molar-refractivity contribution >= 4 is 24.3 Å². The normalized spacial score (nSPS) is 16.6. The number of hydrogen-bond acceptors (Lipinski definition) is 5. The van der Waals surface area contributed by atoms with Crippen LogP contribution in [0, 0.1) is 0 Å². The van der Waals surface area contributed by atoms with Crippen LogP contribution in [0.25, 0.3) is 0 Å². The van der Waals surface area contributed by atoms with Crippen molar-refractivity contribution in [2.75, 3.05) is 0 Å². The molecule has 20 heavy (non-hydrogen) atoms. The third kappa shape index (κ3) is 3.95. The molecule has 6 heteroatoms. The van der Waals surface area contributed by atoms with Crippen LogP contribution in [0.4, 0.5) is 0 Å². The van der Waals surface area contributed by atoms with E-state index in [0.29, 0.717) is 0 Å². The van der Waals surface area contributed by atoms with E-state index in [1.165, 1.54) is 13.8 Å². The van der Waals surface area contributed by atoms with E-state index in [9.17, 15) is 9.59 Å². The highest BCUT2D eigenvalue weighted by atomic mass is 35.5. The molecule has 0 saturated carbocycles. The zero-order valence-electron chi connectivity index (χ0n) is 11.5. The van der Waals surface area contributed by atoms with Crippen LogP contribution in [0.3, 0.4) is 0 Å². The summed E-state index contributed by atoms with van der Waals surface area (Å²) in [5.41, 5.74) is 8.07. The van der Waals surface area contributed by atoms with Crippen molar-refractivity contribution in [3.05, 3.63) is 23.3 Å². The van der Waals surface area contributed by atoms with Gasteiger partial charge in [0, 0.05) is 19.9 Å². The molecule has 5 nitrogen and oxygen atoms in total. The van der Waals surface area contributed by atoms with Crippen LogP contribution < -0.4 is 15.2 Å². The second kappa shape index (κ2) is 6.72. The Kier molecular flexibility index (Phi) is 5.53. The van der Waals surface area contributed by atoms with E-state index in [1.807, 2.05) is 0 Å². The molecule has 2 N–H and O–H groups in total. The first kappa shape index (κ1) is 16.5. The number of rotatable bonds is 2. The molecule has 1 unspecified atom stereocenters. The van der Waals surface area contributed by atoms with E-state index in [1.54, 1.807) is 12.1 Å². The Morgan fingerprint density at radius 1 is 1.10 bits per heavy atom. The smallest absolute Gasteiger partial charge is 0.308 e. The summed E-state index contributed by atoms with van der Waals surface area (Å²) in [7, 11) is 0. The van der Waals surface area contributed by atoms with Crippen LogP contribution in [0.5, 0.6) is 11.5 Å². The SMILES string of the molecule is CC(=O)Oc1cc2c(cc1OC(C)=O)CC(N)CC2.Cl. The van der Waals surface area contributed by atoms with Gasteiger partial charge in [-0.3, -0.25) is 9.59 Å². The van der Waals surface area contributed by atoms with Crippen molar-refractivity contribution in [1.82, 2.24) is 0 Å². The number of esters is 2. The number of aryl methyl sites for hydroxylation is 1. The van der Waals surface area contributed by atoms with E-state index in [-0.39, 0.29) is 29.9 Å². The van der Waals surface area contributed by atoms with Crippen molar-refractivity contribution in [2.24, 2.45) is 5.73 Å². The molecule has 0 heterocycles. The number of nitrogens with two attached hydrogens (primary N) is 1. The minimum absolute atomic E-state index is 0. The summed E-state index contributed by atoms with van der Waals surface area (Å²) in [6.07, 6.45) is 2.48. The number of fused-ring (bicyclic) bond motifs is 1. The van der Waals surface area contributed by atoms with E-state index in [0.717, 1.165) is 30.4 Å². The number of carbonyl (C=O) groups is 2. The lowest BCUT2D eigenvalue weighted by atomic mass is 9.88. The minimum Gasteiger partial charge on any atom is -0.423 e. The largest absolute Gasteiger partial charge is 0.423 e. The predicted octanol–water partition coefficient (Wildman–Crippen LogP) is 1.77. The zero-order chi connectivity index (χ0) is 14.0. The summed E-state index contributed by atoms with van der Waals surface area (Å²) < 4.78 is 10.2. The van der Waals surface area contributed by atoms with Crippen LogP contribution in [-0.4, -0.2) is 18.0 Å². The van der Waals surface area contributed by atoms with Crippen molar-refractivity contribution in [1.29, 1.82) is 0 Å². The van der Waals surface area contributed by atoms with Crippen LogP contribution >= 0.6 is 12.4 Å². The molecule has 0 bridgehead atoms. The molecule has 1 aliphatic carbocycles. The molecule has 2 rings (SSSR count). The fourth-order valence-electron chi connectivity index (χ4n) is 2.26. The Hall–Kier alpha value is -1.59. The van der Waals surface area contributed by atoms with E-state index >= 15 is 0 Å². The molecule has 1 aromatic rings. The summed E-state index contributed by atoms with van der Waals surface area (Å²) in [5, 5.41) is 0. The lowest BCUT2D eigenvalue weighted by molar-refractivity contribution is -0.134. The summed E-state index contributed by atoms with van der Waals surface area (Å²) in [6.45, 7) is 2.62. The number of ether oxygens (including phenoxy) is 2. The van der Waals surface area contributed by atoms with Gasteiger partial charge in [-0.15, -0.1) is 12.4 Å². The molecular formula is C14H18ClNO4. The van der Waals surface area contributed by atoms with Crippen molar-refractivity contribution in [3.63, 3.8) is 0 Å². The summed E-state index contributed by atoms with van der Waals surface area (Å²) in [6, 6.07) is 3.63. The Labute approximate surface area is 123 Å². The topological polar surface area (TPSA) is 78.6 Å². The van der Waals surface area contributed by atoms with E-state index in [4.69, 9.17) is 15.2 Å². The standard InChI is InChI=1S/C14H17NO4.ClH/c1-8(16)18-13-6-10-3-4-12(15)5-11(10)7-14(13)19-9(2)17;/h6-7,12H,3-5,15H2,1-2H3;1H. The quantitative estimate of drug-likeness (QED) is 0.665. The summed E-state index contributed by atoms with van der Waals surface area (Å²) in [5.74, 6) is -0.332. The highest BCUT2D eigenvalue weighted by molar-refractivity contribution is 5.85. The Balaban J connectivity index is 0.00000200. The van der Waals surface area contributed by atoms with E-state index in [2.05, 4.69) is 0 Å². The van der Waals surface area contributed by atoms with Gasteiger partial charge in [0.25, 0.3) is 0 Å². The Morgan fingerprint density at radius 2 is 1.60 bits per heavy atom. The van der Waals surface area contributed by atoms with Gasteiger partial charge >= 0.3 is 11.9 Å². The predicted molar refractivity (Wildman–Crippen MR) is 76.3 cm³/mol. The van der Waals surface area contributed by atoms with Crippen LogP contribution in [0.1, 0.15) is 31.4 Å². The summed E-state index contributed by atoms with van der Waals surface area (Å²) in [4.78, 5) is 22.2. The van der Waals surface area contributed by atoms with Gasteiger partial charge in [0.05, 0.1) is 0 Å². The molecule has 1 aliphatic rings. The molecule has 1 atom stereocenters. The average molecular weight is 300 g/mol. The third-order valence-corrected chi connectivity index (χ3v) is 3.04. The monoisotopic (exact) mass is 299 g/mol. The van der Waals surface area contributed by atoms with Crippen LogP contribution in [-0.2, 0) is 22.4 Å². The van der Waals surface area contributed by atoms with Crippen LogP contribution in [0.15, 0.2) is 12.1 Å². The molecule has 0 aliphatic heterocycles. The molecule has 0 saturated heterocycles. The maximum Gasteiger partial charge on any atom is 0.308 e. The van der Waals surface area contributed by atoms with Gasteiger partial charge in [-0.05, 0) is 42.5 Å². The molecule has 0 radical (unpaired) electrons. The van der Waals surface area contributed by atoms with Crippen molar-refractivity contribution in [2.45, 2.75) is 39.2 Å². The Bertz CT molecular complexity index is 530. The third-order valence-electron chi connectivity index (χ3n) is 3.04. The average Bonchev–Trinajstić information content (AvgIpc) is 2.28. The number of halogens is 1. The number of hydrogen-bond donors (Lipinski definition) is 1. The molecule has 0 fully saturated rings. The fourth-order valence-corrected chi connectivity index (χ4v) is 2.26. The molecule has 0 spiro atoms. The first-order valence-electron chi connectivity index (χ1n) is 6.24. The maximum atomic E-state index is 11.1. The molecular weight excluding hydrogens is 282 g/mol. The molecule has 1 aromatic carbocycles. The highest BCUT2D eigenvalue weighted by Gasteiger charge is 2.20. The molecule has 0 aromatic heterocycles. The van der Waals surface area contributed by atoms with Gasteiger partial charge in [0.15, 0.2) is 11.5 Å².